The molecule has 3 aliphatic rings. The van der Waals surface area contributed by atoms with Gasteiger partial charge in [-0.15, -0.1) is 0 Å². The standard InChI is InChI=1S/C28H26N2O2/c31-27-24-22-17-10-18-29(22)26(25(24)28(32)30(27)21-15-8-3-9-16-21)23(19-11-4-1-5-12-19)20-13-6-2-7-14-20/h1-9,11-16,22-26H,10,17-18H2/p+1/t22-,24-,25-,26-/m1/s1. The third-order valence-corrected chi connectivity index (χ3v) is 7.79. The molecule has 0 saturated carbocycles. The number of amides is 2. The number of nitrogens with one attached hydrogen (secondary N) is 1. The Labute approximate surface area is 188 Å². The van der Waals surface area contributed by atoms with Crippen LogP contribution in [0.1, 0.15) is 29.9 Å². The van der Waals surface area contributed by atoms with Gasteiger partial charge in [-0.05, 0) is 23.3 Å². The Morgan fingerprint density at radius 1 is 0.719 bits per heavy atom. The zero-order valence-electron chi connectivity index (χ0n) is 17.9. The molecule has 0 radical (unpaired) electrons. The van der Waals surface area contributed by atoms with Crippen LogP contribution in [-0.2, 0) is 9.59 Å². The van der Waals surface area contributed by atoms with E-state index in [1.165, 1.54) is 20.9 Å². The first-order chi connectivity index (χ1) is 15.8. The summed E-state index contributed by atoms with van der Waals surface area (Å²) in [6.45, 7) is 1.03. The van der Waals surface area contributed by atoms with Gasteiger partial charge in [0, 0.05) is 12.8 Å². The summed E-state index contributed by atoms with van der Waals surface area (Å²) in [4.78, 5) is 30.5. The zero-order chi connectivity index (χ0) is 21.7. The van der Waals surface area contributed by atoms with Crippen molar-refractivity contribution in [3.63, 3.8) is 0 Å². The molecule has 0 aliphatic carbocycles. The Bertz CT molecular complexity index is 1090. The van der Waals surface area contributed by atoms with Crippen molar-refractivity contribution in [3.05, 3.63) is 102 Å². The van der Waals surface area contributed by atoms with E-state index in [0.29, 0.717) is 5.69 Å². The fraction of sp³-hybridized carbons (Fsp3) is 0.286. The molecule has 3 aliphatic heterocycles. The number of quaternary nitrogens is 1. The molecule has 1 unspecified atom stereocenters. The van der Waals surface area contributed by atoms with Crippen LogP contribution in [0.3, 0.4) is 0 Å². The highest BCUT2D eigenvalue weighted by Crippen LogP contribution is 2.44. The summed E-state index contributed by atoms with van der Waals surface area (Å²) >= 11 is 0. The van der Waals surface area contributed by atoms with Crippen LogP contribution in [0.2, 0.25) is 0 Å². The molecule has 160 valence electrons. The summed E-state index contributed by atoms with van der Waals surface area (Å²) in [7, 11) is 0. The highest BCUT2D eigenvalue weighted by molar-refractivity contribution is 6.22. The first-order valence-electron chi connectivity index (χ1n) is 11.6. The highest BCUT2D eigenvalue weighted by Gasteiger charge is 2.67. The molecular weight excluding hydrogens is 396 g/mol. The quantitative estimate of drug-likeness (QED) is 0.656. The summed E-state index contributed by atoms with van der Waals surface area (Å²) in [6.07, 6.45) is 2.13. The molecule has 6 rings (SSSR count). The van der Waals surface area contributed by atoms with E-state index in [9.17, 15) is 9.59 Å². The average molecular weight is 424 g/mol. The van der Waals surface area contributed by atoms with Gasteiger partial charge in [0.05, 0.1) is 18.2 Å². The molecule has 0 bridgehead atoms. The molecule has 3 aromatic carbocycles. The van der Waals surface area contributed by atoms with Crippen LogP contribution in [0, 0.1) is 11.8 Å². The summed E-state index contributed by atoms with van der Waals surface area (Å²) in [5.41, 5.74) is 3.15. The van der Waals surface area contributed by atoms with E-state index in [2.05, 4.69) is 48.5 Å². The van der Waals surface area contributed by atoms with Gasteiger partial charge in [0.25, 0.3) is 0 Å². The van der Waals surface area contributed by atoms with Gasteiger partial charge in [0.15, 0.2) is 0 Å². The topological polar surface area (TPSA) is 41.8 Å². The number of para-hydroxylation sites is 1. The van der Waals surface area contributed by atoms with Crippen LogP contribution in [-0.4, -0.2) is 30.4 Å². The first-order valence-corrected chi connectivity index (χ1v) is 11.6. The highest BCUT2D eigenvalue weighted by atomic mass is 16.2. The Hall–Kier alpha value is -3.24. The average Bonchev–Trinajstić information content (AvgIpc) is 3.49. The second-order valence-corrected chi connectivity index (χ2v) is 9.30. The monoisotopic (exact) mass is 423 g/mol. The van der Waals surface area contributed by atoms with E-state index in [4.69, 9.17) is 0 Å². The van der Waals surface area contributed by atoms with Crippen LogP contribution in [0.5, 0.6) is 0 Å². The van der Waals surface area contributed by atoms with E-state index in [0.717, 1.165) is 19.4 Å². The number of nitrogens with zero attached hydrogens (tertiary/aromatic N) is 1. The number of carbonyl (C=O) groups excluding carboxylic acids is 2. The molecule has 3 aromatic rings. The second-order valence-electron chi connectivity index (χ2n) is 9.30. The third-order valence-electron chi connectivity index (χ3n) is 7.79. The molecule has 0 spiro atoms. The number of fused-ring (bicyclic) bond motifs is 3. The minimum Gasteiger partial charge on any atom is -0.328 e. The Morgan fingerprint density at radius 3 is 1.84 bits per heavy atom. The third kappa shape index (κ3) is 2.86. The Morgan fingerprint density at radius 2 is 1.25 bits per heavy atom. The lowest BCUT2D eigenvalue weighted by atomic mass is 9.77. The van der Waals surface area contributed by atoms with Crippen LogP contribution in [0.4, 0.5) is 5.69 Å². The summed E-state index contributed by atoms with van der Waals surface area (Å²) in [5, 5.41) is 0. The SMILES string of the molecule is O=C1[C@@H]2[C@H](C(=O)N1c1ccccc1)[C@H]1CCC[NH+]1[C@@H]2C(c1ccccc1)c1ccccc1. The van der Waals surface area contributed by atoms with Crippen molar-refractivity contribution in [2.75, 3.05) is 11.4 Å². The minimum atomic E-state index is -0.284. The van der Waals surface area contributed by atoms with Crippen LogP contribution in [0.25, 0.3) is 0 Å². The largest absolute Gasteiger partial charge is 0.328 e. The van der Waals surface area contributed by atoms with Crippen molar-refractivity contribution in [2.24, 2.45) is 11.8 Å². The molecule has 3 fully saturated rings. The van der Waals surface area contributed by atoms with Crippen molar-refractivity contribution in [3.8, 4) is 0 Å². The second kappa shape index (κ2) is 7.72. The summed E-state index contributed by atoms with van der Waals surface area (Å²) in [6, 6.07) is 30.8. The van der Waals surface area contributed by atoms with Gasteiger partial charge in [-0.2, -0.15) is 0 Å². The molecule has 1 N–H and O–H groups in total. The summed E-state index contributed by atoms with van der Waals surface area (Å²) in [5.74, 6) is -0.447. The van der Waals surface area contributed by atoms with Gasteiger partial charge < -0.3 is 4.90 Å². The molecule has 4 nitrogen and oxygen atoms in total. The van der Waals surface area contributed by atoms with Crippen molar-refractivity contribution in [2.45, 2.75) is 30.8 Å². The van der Waals surface area contributed by atoms with Gasteiger partial charge in [-0.1, -0.05) is 78.9 Å². The van der Waals surface area contributed by atoms with Gasteiger partial charge in [-0.3, -0.25) is 9.59 Å². The number of rotatable bonds is 4. The normalized spacial score (nSPS) is 28.9. The zero-order valence-corrected chi connectivity index (χ0v) is 17.9. The maximum absolute atomic E-state index is 13.9. The molecule has 3 heterocycles. The maximum atomic E-state index is 13.9. The lowest BCUT2D eigenvalue weighted by molar-refractivity contribution is -0.926. The molecular formula is C28H27N2O2+. The van der Waals surface area contributed by atoms with Crippen molar-refractivity contribution in [1.82, 2.24) is 0 Å². The first kappa shape index (κ1) is 19.4. The van der Waals surface area contributed by atoms with Crippen molar-refractivity contribution >= 4 is 17.5 Å². The number of imide groups is 1. The number of hydrogen-bond donors (Lipinski definition) is 1. The number of carbonyl (C=O) groups is 2. The molecule has 32 heavy (non-hydrogen) atoms. The van der Waals surface area contributed by atoms with Crippen molar-refractivity contribution in [1.29, 1.82) is 0 Å². The Kier molecular flexibility index (Phi) is 4.69. The van der Waals surface area contributed by atoms with Gasteiger partial charge in [0.1, 0.15) is 23.9 Å². The molecule has 5 atom stereocenters. The molecule has 4 heteroatoms. The van der Waals surface area contributed by atoms with Crippen molar-refractivity contribution < 1.29 is 14.5 Å². The van der Waals surface area contributed by atoms with Gasteiger partial charge in [-0.25, -0.2) is 4.90 Å². The smallest absolute Gasteiger partial charge is 0.243 e. The fourth-order valence-corrected chi connectivity index (χ4v) is 6.65. The van der Waals surface area contributed by atoms with E-state index in [1.54, 1.807) is 0 Å². The molecule has 0 aromatic heterocycles. The molecule has 2 amide bonds. The van der Waals surface area contributed by atoms with E-state index < -0.39 is 0 Å². The Balaban J connectivity index is 1.49. The van der Waals surface area contributed by atoms with Crippen LogP contribution >= 0.6 is 0 Å². The summed E-state index contributed by atoms with van der Waals surface area (Å²) < 4.78 is 0. The predicted molar refractivity (Wildman–Crippen MR) is 123 cm³/mol. The van der Waals surface area contributed by atoms with E-state index >= 15 is 0 Å². The number of benzene rings is 3. The number of anilines is 1. The van der Waals surface area contributed by atoms with Crippen LogP contribution in [0.15, 0.2) is 91.0 Å². The minimum absolute atomic E-state index is 0.00188. The fourth-order valence-electron chi connectivity index (χ4n) is 6.65. The van der Waals surface area contributed by atoms with Crippen LogP contribution < -0.4 is 9.80 Å². The van der Waals surface area contributed by atoms with Gasteiger partial charge >= 0.3 is 0 Å². The lowest BCUT2D eigenvalue weighted by Crippen LogP contribution is -3.16. The molecule has 3 saturated heterocycles. The number of hydrogen-bond acceptors (Lipinski definition) is 2. The lowest BCUT2D eigenvalue weighted by Gasteiger charge is -2.32. The predicted octanol–water partition coefficient (Wildman–Crippen LogP) is 3.05. The van der Waals surface area contributed by atoms with E-state index in [1.807, 2.05) is 42.5 Å². The van der Waals surface area contributed by atoms with E-state index in [-0.39, 0.29) is 41.7 Å². The maximum Gasteiger partial charge on any atom is 0.243 e. The van der Waals surface area contributed by atoms with Gasteiger partial charge in [0.2, 0.25) is 11.8 Å².